The molecule has 6 aromatic rings. The Kier molecular flexibility index (Phi) is 8.49. The number of rotatable bonds is 11. The van der Waals surface area contributed by atoms with E-state index >= 15 is 0 Å². The second-order valence-electron chi connectivity index (χ2n) is 12.1. The average molecular weight is 666 g/mol. The van der Waals surface area contributed by atoms with Crippen LogP contribution in [-0.2, 0) is 0 Å². The summed E-state index contributed by atoms with van der Waals surface area (Å²) in [4.78, 5) is 27.2. The molecule has 3 heterocycles. The normalized spacial score (nSPS) is 14.2. The molecular formula is C37H34Cl2N6O2. The summed E-state index contributed by atoms with van der Waals surface area (Å²) in [6.45, 7) is 3.50. The van der Waals surface area contributed by atoms with Crippen LogP contribution in [0.4, 0.5) is 5.69 Å². The number of hydrogen-bond donors (Lipinski definition) is 3. The Balaban J connectivity index is 1.34. The number of amides is 1. The number of hydrogen-bond acceptors (Lipinski definition) is 5. The third-order valence-corrected chi connectivity index (χ3v) is 9.37. The summed E-state index contributed by atoms with van der Waals surface area (Å²) in [5.74, 6) is 0.0442. The van der Waals surface area contributed by atoms with Gasteiger partial charge in [-0.1, -0.05) is 71.7 Å². The summed E-state index contributed by atoms with van der Waals surface area (Å²) in [7, 11) is 1.95. The van der Waals surface area contributed by atoms with Crippen molar-refractivity contribution in [3.8, 4) is 28.4 Å². The fraction of sp³-hybridized carbons (Fsp3) is 0.216. The van der Waals surface area contributed by atoms with Gasteiger partial charge in [0.25, 0.3) is 5.91 Å². The van der Waals surface area contributed by atoms with Gasteiger partial charge >= 0.3 is 0 Å². The monoisotopic (exact) mass is 664 g/mol. The van der Waals surface area contributed by atoms with Gasteiger partial charge in [0.15, 0.2) is 0 Å². The van der Waals surface area contributed by atoms with Crippen molar-refractivity contribution in [1.82, 2.24) is 24.8 Å². The molecule has 1 fully saturated rings. The number of ether oxygens (including phenoxy) is 1. The number of aromatic amines is 1. The molecule has 1 saturated carbocycles. The quantitative estimate of drug-likeness (QED) is 0.129. The van der Waals surface area contributed by atoms with Gasteiger partial charge in [-0.3, -0.25) is 4.79 Å². The molecule has 1 aliphatic carbocycles. The van der Waals surface area contributed by atoms with Crippen molar-refractivity contribution >= 4 is 45.7 Å². The number of H-pyrrole nitrogens is 1. The highest BCUT2D eigenvalue weighted by Crippen LogP contribution is 2.46. The molecule has 238 valence electrons. The van der Waals surface area contributed by atoms with Gasteiger partial charge in [0.1, 0.15) is 11.4 Å². The van der Waals surface area contributed by atoms with Crippen molar-refractivity contribution in [2.24, 2.45) is 5.41 Å². The first-order valence-electron chi connectivity index (χ1n) is 15.6. The predicted octanol–water partition coefficient (Wildman–Crippen LogP) is 8.64. The molecule has 7 rings (SSSR count). The van der Waals surface area contributed by atoms with E-state index in [9.17, 15) is 4.79 Å². The first-order valence-corrected chi connectivity index (χ1v) is 16.3. The SMILES string of the molecule is CNCC1(COc2ncccc2NC(=O)c2[nH]c3cc(Cl)ccc3c2-c2c(-c3ccccc3)ncn2[C@@H](C)c2ccc(Cl)cc2)CC1. The van der Waals surface area contributed by atoms with E-state index in [1.165, 1.54) is 0 Å². The first-order chi connectivity index (χ1) is 22.9. The van der Waals surface area contributed by atoms with Gasteiger partial charge in [0.2, 0.25) is 5.88 Å². The van der Waals surface area contributed by atoms with E-state index < -0.39 is 0 Å². The fourth-order valence-corrected chi connectivity index (χ4v) is 6.43. The molecule has 47 heavy (non-hydrogen) atoms. The standard InChI is InChI=1S/C37H34Cl2N6O2/c1-23(24-10-12-26(38)13-11-24)45-22-42-32(25-7-4-3-5-8-25)34(45)31-28-15-14-27(39)19-30(28)43-33(31)35(46)44-29-9-6-18-41-36(29)47-21-37(16-17-37)20-40-2/h3-15,18-19,22-23,40,43H,16-17,20-21H2,1-2H3,(H,44,46)/t23-/m0/s1. The molecule has 0 spiro atoms. The zero-order valence-corrected chi connectivity index (χ0v) is 27.6. The number of imidazole rings is 1. The highest BCUT2D eigenvalue weighted by molar-refractivity contribution is 6.31. The third kappa shape index (κ3) is 6.24. The zero-order chi connectivity index (χ0) is 32.5. The molecule has 0 bridgehead atoms. The van der Waals surface area contributed by atoms with Crippen molar-refractivity contribution in [1.29, 1.82) is 0 Å². The predicted molar refractivity (Wildman–Crippen MR) is 189 cm³/mol. The molecule has 10 heteroatoms. The molecule has 1 atom stereocenters. The topological polar surface area (TPSA) is 96.9 Å². The largest absolute Gasteiger partial charge is 0.476 e. The first kappa shape index (κ1) is 31.0. The van der Waals surface area contributed by atoms with Crippen LogP contribution in [0.15, 0.2) is 97.5 Å². The number of anilines is 1. The van der Waals surface area contributed by atoms with Crippen molar-refractivity contribution < 1.29 is 9.53 Å². The van der Waals surface area contributed by atoms with Crippen molar-refractivity contribution in [2.75, 3.05) is 25.5 Å². The van der Waals surface area contributed by atoms with Crippen LogP contribution >= 0.6 is 23.2 Å². The van der Waals surface area contributed by atoms with Gasteiger partial charge in [-0.25, -0.2) is 9.97 Å². The highest BCUT2D eigenvalue weighted by Gasteiger charge is 2.43. The van der Waals surface area contributed by atoms with Gasteiger partial charge < -0.3 is 24.9 Å². The lowest BCUT2D eigenvalue weighted by Crippen LogP contribution is -2.26. The summed E-state index contributed by atoms with van der Waals surface area (Å²) in [6.07, 6.45) is 5.69. The molecule has 8 nitrogen and oxygen atoms in total. The molecule has 0 unspecified atom stereocenters. The van der Waals surface area contributed by atoms with Crippen LogP contribution in [0.2, 0.25) is 10.0 Å². The Hall–Kier alpha value is -4.63. The summed E-state index contributed by atoms with van der Waals surface area (Å²) in [5.41, 5.74) is 5.92. The van der Waals surface area contributed by atoms with Crippen LogP contribution in [0.1, 0.15) is 41.9 Å². The number of pyridine rings is 1. The fourth-order valence-electron chi connectivity index (χ4n) is 6.13. The number of halogens is 2. The smallest absolute Gasteiger partial charge is 0.272 e. The maximum absolute atomic E-state index is 14.4. The minimum absolute atomic E-state index is 0.101. The number of aromatic nitrogens is 4. The molecule has 1 aliphatic rings. The lowest BCUT2D eigenvalue weighted by molar-refractivity contribution is 0.102. The lowest BCUT2D eigenvalue weighted by Gasteiger charge is -2.19. The number of nitrogens with one attached hydrogen (secondary N) is 3. The molecule has 3 aromatic carbocycles. The van der Waals surface area contributed by atoms with E-state index in [-0.39, 0.29) is 17.4 Å². The lowest BCUT2D eigenvalue weighted by atomic mass is 9.99. The van der Waals surface area contributed by atoms with Crippen LogP contribution in [-0.4, -0.2) is 45.6 Å². The van der Waals surface area contributed by atoms with Gasteiger partial charge in [-0.05, 0) is 68.8 Å². The Morgan fingerprint density at radius 3 is 2.51 bits per heavy atom. The summed E-state index contributed by atoms with van der Waals surface area (Å²) in [6, 6.07) is 26.8. The van der Waals surface area contributed by atoms with E-state index in [0.717, 1.165) is 52.8 Å². The van der Waals surface area contributed by atoms with Crippen molar-refractivity contribution in [3.63, 3.8) is 0 Å². The van der Waals surface area contributed by atoms with Crippen molar-refractivity contribution in [2.45, 2.75) is 25.8 Å². The van der Waals surface area contributed by atoms with Crippen LogP contribution < -0.4 is 15.4 Å². The Morgan fingerprint density at radius 1 is 1.00 bits per heavy atom. The van der Waals surface area contributed by atoms with E-state index in [1.807, 2.05) is 86.2 Å². The summed E-state index contributed by atoms with van der Waals surface area (Å²) < 4.78 is 8.30. The van der Waals surface area contributed by atoms with Gasteiger partial charge in [0.05, 0.1) is 30.4 Å². The van der Waals surface area contributed by atoms with Gasteiger partial charge in [-0.2, -0.15) is 0 Å². The molecule has 1 amide bonds. The van der Waals surface area contributed by atoms with Crippen LogP contribution in [0.3, 0.4) is 0 Å². The molecular weight excluding hydrogens is 631 g/mol. The number of carbonyl (C=O) groups is 1. The van der Waals surface area contributed by atoms with Crippen LogP contribution in [0.25, 0.3) is 33.4 Å². The Labute approximate surface area is 283 Å². The van der Waals surface area contributed by atoms with E-state index in [2.05, 4.69) is 32.1 Å². The maximum atomic E-state index is 14.4. The maximum Gasteiger partial charge on any atom is 0.272 e. The van der Waals surface area contributed by atoms with Crippen molar-refractivity contribution in [3.05, 3.63) is 119 Å². The summed E-state index contributed by atoms with van der Waals surface area (Å²) >= 11 is 12.7. The Bertz CT molecular complexity index is 2050. The van der Waals surface area contributed by atoms with Gasteiger partial charge in [0, 0.05) is 50.2 Å². The molecule has 0 saturated heterocycles. The summed E-state index contributed by atoms with van der Waals surface area (Å²) in [5, 5.41) is 8.41. The second-order valence-corrected chi connectivity index (χ2v) is 13.0. The Morgan fingerprint density at radius 2 is 1.77 bits per heavy atom. The third-order valence-electron chi connectivity index (χ3n) is 8.88. The number of carbonyl (C=O) groups excluding carboxylic acids is 1. The molecule has 0 aliphatic heterocycles. The van der Waals surface area contributed by atoms with Crippen LogP contribution in [0, 0.1) is 5.41 Å². The minimum Gasteiger partial charge on any atom is -0.476 e. The van der Waals surface area contributed by atoms with Crippen LogP contribution in [0.5, 0.6) is 5.88 Å². The van der Waals surface area contributed by atoms with E-state index in [0.29, 0.717) is 39.5 Å². The van der Waals surface area contributed by atoms with E-state index in [1.54, 1.807) is 18.3 Å². The number of nitrogens with zero attached hydrogens (tertiary/aromatic N) is 3. The van der Waals surface area contributed by atoms with Gasteiger partial charge in [-0.15, -0.1) is 0 Å². The molecule has 0 radical (unpaired) electrons. The number of fused-ring (bicyclic) bond motifs is 1. The highest BCUT2D eigenvalue weighted by atomic mass is 35.5. The minimum atomic E-state index is -0.340. The molecule has 3 aromatic heterocycles. The van der Waals surface area contributed by atoms with E-state index in [4.69, 9.17) is 32.9 Å². The second kappa shape index (κ2) is 12.9. The average Bonchev–Trinajstić information content (AvgIpc) is 3.55. The molecule has 3 N–H and O–H groups in total. The number of benzene rings is 3. The zero-order valence-electron chi connectivity index (χ0n) is 26.1.